The summed E-state index contributed by atoms with van der Waals surface area (Å²) in [5.41, 5.74) is 2.14. The second-order valence-electron chi connectivity index (χ2n) is 10.7. The van der Waals surface area contributed by atoms with Gasteiger partial charge >= 0.3 is 11.9 Å². The summed E-state index contributed by atoms with van der Waals surface area (Å²) in [7, 11) is 2.70. The zero-order valence-corrected chi connectivity index (χ0v) is 23.7. The lowest BCUT2D eigenvalue weighted by Gasteiger charge is -2.44. The van der Waals surface area contributed by atoms with Crippen molar-refractivity contribution >= 4 is 23.3 Å². The predicted molar refractivity (Wildman–Crippen MR) is 161 cm³/mol. The summed E-state index contributed by atoms with van der Waals surface area (Å²) in [6.45, 7) is 0. The van der Waals surface area contributed by atoms with E-state index in [-0.39, 0.29) is 5.69 Å². The van der Waals surface area contributed by atoms with Gasteiger partial charge in [0.05, 0.1) is 25.2 Å². The van der Waals surface area contributed by atoms with Gasteiger partial charge in [0, 0.05) is 41.1 Å². The number of hydrogen-bond acceptors (Lipinski definition) is 7. The van der Waals surface area contributed by atoms with Crippen LogP contribution >= 0.6 is 0 Å². The van der Waals surface area contributed by atoms with Crippen LogP contribution in [-0.2, 0) is 19.1 Å². The van der Waals surface area contributed by atoms with Crippen LogP contribution in [0.5, 0.6) is 0 Å². The molecular formula is C35H30N2O6. The number of esters is 2. The van der Waals surface area contributed by atoms with Crippen molar-refractivity contribution in [1.82, 2.24) is 0 Å². The average molecular weight is 575 g/mol. The van der Waals surface area contributed by atoms with Crippen LogP contribution in [0.15, 0.2) is 127 Å². The minimum atomic E-state index is -1.45. The first-order chi connectivity index (χ1) is 20.9. The fourth-order valence-electron chi connectivity index (χ4n) is 7.19. The third-order valence-electron chi connectivity index (χ3n) is 8.76. The highest BCUT2D eigenvalue weighted by atomic mass is 16.6. The van der Waals surface area contributed by atoms with Gasteiger partial charge in [0.2, 0.25) is 0 Å². The Hall–Kier alpha value is -5.24. The maximum Gasteiger partial charge on any atom is 0.333 e. The fraction of sp³-hybridized carbons (Fsp3) is 0.200. The second kappa shape index (κ2) is 11.2. The molecule has 1 saturated heterocycles. The molecule has 216 valence electrons. The zero-order chi connectivity index (χ0) is 30.1. The maximum atomic E-state index is 14.6. The number of fused-ring (bicyclic) bond motifs is 1. The summed E-state index contributed by atoms with van der Waals surface area (Å²) in [6, 6.07) is 34.9. The van der Waals surface area contributed by atoms with Crippen molar-refractivity contribution in [2.24, 2.45) is 5.92 Å². The molecule has 43 heavy (non-hydrogen) atoms. The van der Waals surface area contributed by atoms with Crippen LogP contribution in [0.4, 0.5) is 11.4 Å². The number of nitrogens with zero attached hydrogens (tertiary/aromatic N) is 2. The van der Waals surface area contributed by atoms with Crippen molar-refractivity contribution in [3.63, 3.8) is 0 Å². The Bertz CT molecular complexity index is 1670. The smallest absolute Gasteiger partial charge is 0.333 e. The lowest BCUT2D eigenvalue weighted by atomic mass is 9.70. The van der Waals surface area contributed by atoms with E-state index in [1.165, 1.54) is 26.4 Å². The summed E-state index contributed by atoms with van der Waals surface area (Å²) in [6.07, 6.45) is 1.85. The van der Waals surface area contributed by atoms with E-state index in [9.17, 15) is 19.7 Å². The van der Waals surface area contributed by atoms with Crippen LogP contribution in [0, 0.1) is 16.0 Å². The molecule has 8 heteroatoms. The second-order valence-corrected chi connectivity index (χ2v) is 10.7. The van der Waals surface area contributed by atoms with E-state index in [1.807, 2.05) is 102 Å². The van der Waals surface area contributed by atoms with E-state index in [0.29, 0.717) is 11.3 Å². The number of methoxy groups -OCH3 is 2. The van der Waals surface area contributed by atoms with E-state index in [1.54, 1.807) is 12.1 Å². The molecular weight excluding hydrogens is 544 g/mol. The average Bonchev–Trinajstić information content (AvgIpc) is 3.57. The standard InChI is InChI=1S/C35H30N2O6/c1-42-33(38)28-22-29(23-12-6-3-7-13-23)35(34(39)43-2)31(28)30(24-14-8-4-9-15-24)32(25-16-10-5-11-17-25)36(35)26-18-20-27(21-19-26)37(40)41/h3-22,29-32H,1-2H3/t29-,30-,31?,32-,35-/m1/s1. The first kappa shape index (κ1) is 27.9. The largest absolute Gasteiger partial charge is 0.467 e. The molecule has 0 radical (unpaired) electrons. The molecule has 0 saturated carbocycles. The van der Waals surface area contributed by atoms with E-state index >= 15 is 0 Å². The van der Waals surface area contributed by atoms with E-state index in [2.05, 4.69) is 0 Å². The summed E-state index contributed by atoms with van der Waals surface area (Å²) in [5.74, 6) is -2.75. The third-order valence-corrected chi connectivity index (χ3v) is 8.76. The molecule has 2 aliphatic rings. The Kier molecular flexibility index (Phi) is 7.27. The highest BCUT2D eigenvalue weighted by molar-refractivity contribution is 5.99. The molecule has 0 spiro atoms. The minimum Gasteiger partial charge on any atom is -0.467 e. The van der Waals surface area contributed by atoms with E-state index in [0.717, 1.165) is 16.7 Å². The summed E-state index contributed by atoms with van der Waals surface area (Å²) in [4.78, 5) is 41.4. The highest BCUT2D eigenvalue weighted by Gasteiger charge is 2.71. The monoisotopic (exact) mass is 574 g/mol. The Morgan fingerprint density at radius 1 is 0.744 bits per heavy atom. The van der Waals surface area contributed by atoms with Crippen LogP contribution in [0.25, 0.3) is 0 Å². The number of ether oxygens (including phenoxy) is 2. The topological polar surface area (TPSA) is 99.0 Å². The summed E-state index contributed by atoms with van der Waals surface area (Å²) < 4.78 is 11.0. The zero-order valence-electron chi connectivity index (χ0n) is 23.7. The van der Waals surface area contributed by atoms with Crippen LogP contribution in [0.3, 0.4) is 0 Å². The van der Waals surface area contributed by atoms with Crippen molar-refractivity contribution in [3.8, 4) is 0 Å². The van der Waals surface area contributed by atoms with Gasteiger partial charge < -0.3 is 14.4 Å². The quantitative estimate of drug-likeness (QED) is 0.144. The molecule has 1 heterocycles. The SMILES string of the molecule is COC(=O)C1=C[C@H](c2ccccc2)[C@]2(C(=O)OC)C1[C@@H](c1ccccc1)[C@@H](c1ccccc1)N2c1ccc([N+](=O)[O-])cc1. The first-order valence-corrected chi connectivity index (χ1v) is 14.0. The first-order valence-electron chi connectivity index (χ1n) is 14.0. The predicted octanol–water partition coefficient (Wildman–Crippen LogP) is 6.36. The number of rotatable bonds is 7. The number of non-ortho nitro benzene ring substituents is 1. The molecule has 4 aromatic rings. The van der Waals surface area contributed by atoms with Gasteiger partial charge in [-0.2, -0.15) is 0 Å². The Labute approximate surface area is 249 Å². The molecule has 0 amide bonds. The van der Waals surface area contributed by atoms with Crippen LogP contribution in [0.1, 0.15) is 34.6 Å². The van der Waals surface area contributed by atoms with Gasteiger partial charge in [0.1, 0.15) is 0 Å². The maximum absolute atomic E-state index is 14.6. The van der Waals surface area contributed by atoms with Gasteiger partial charge in [-0.1, -0.05) is 97.1 Å². The van der Waals surface area contributed by atoms with Gasteiger partial charge in [0.25, 0.3) is 5.69 Å². The van der Waals surface area contributed by atoms with Gasteiger partial charge in [-0.3, -0.25) is 10.1 Å². The Morgan fingerprint density at radius 3 is 1.79 bits per heavy atom. The van der Waals surface area contributed by atoms with E-state index < -0.39 is 46.2 Å². The molecule has 6 rings (SSSR count). The molecule has 1 unspecified atom stereocenters. The van der Waals surface area contributed by atoms with Crippen molar-refractivity contribution in [3.05, 3.63) is 154 Å². The molecule has 0 bridgehead atoms. The highest BCUT2D eigenvalue weighted by Crippen LogP contribution is 2.66. The lowest BCUT2D eigenvalue weighted by molar-refractivity contribution is -0.384. The number of benzene rings is 4. The van der Waals surface area contributed by atoms with Gasteiger partial charge in [-0.15, -0.1) is 0 Å². The number of nitro benzene ring substituents is 1. The van der Waals surface area contributed by atoms with Crippen molar-refractivity contribution in [2.45, 2.75) is 23.4 Å². The van der Waals surface area contributed by atoms with Gasteiger partial charge in [0.15, 0.2) is 5.54 Å². The number of carbonyl (C=O) groups excluding carboxylic acids is 2. The normalized spacial score (nSPS) is 24.1. The van der Waals surface area contributed by atoms with Crippen LogP contribution in [0.2, 0.25) is 0 Å². The Morgan fingerprint density at radius 2 is 1.28 bits per heavy atom. The van der Waals surface area contributed by atoms with E-state index in [4.69, 9.17) is 9.47 Å². The molecule has 8 nitrogen and oxygen atoms in total. The minimum absolute atomic E-state index is 0.0677. The van der Waals surface area contributed by atoms with Crippen molar-refractivity contribution < 1.29 is 24.0 Å². The van der Waals surface area contributed by atoms with Gasteiger partial charge in [-0.25, -0.2) is 9.59 Å². The number of carbonyl (C=O) groups is 2. The number of nitro groups is 1. The summed E-state index contributed by atoms with van der Waals surface area (Å²) in [5, 5.41) is 11.6. The van der Waals surface area contributed by atoms with Crippen molar-refractivity contribution in [1.29, 1.82) is 0 Å². The molecule has 1 aliphatic heterocycles. The Balaban J connectivity index is 1.74. The fourth-order valence-corrected chi connectivity index (χ4v) is 7.19. The van der Waals surface area contributed by atoms with Crippen LogP contribution < -0.4 is 4.90 Å². The molecule has 0 aromatic heterocycles. The molecule has 5 atom stereocenters. The van der Waals surface area contributed by atoms with Crippen LogP contribution in [-0.4, -0.2) is 36.6 Å². The number of anilines is 1. The number of hydrogen-bond donors (Lipinski definition) is 0. The molecule has 1 fully saturated rings. The third kappa shape index (κ3) is 4.37. The summed E-state index contributed by atoms with van der Waals surface area (Å²) >= 11 is 0. The van der Waals surface area contributed by atoms with Gasteiger partial charge in [-0.05, 0) is 28.8 Å². The lowest BCUT2D eigenvalue weighted by Crippen LogP contribution is -2.58. The van der Waals surface area contributed by atoms with Crippen molar-refractivity contribution in [2.75, 3.05) is 19.1 Å². The molecule has 1 aliphatic carbocycles. The molecule has 0 N–H and O–H groups in total. The molecule has 4 aromatic carbocycles.